The lowest BCUT2D eigenvalue weighted by Crippen LogP contribution is -2.53. The summed E-state index contributed by atoms with van der Waals surface area (Å²) in [4.78, 5) is 24.7. The van der Waals surface area contributed by atoms with Crippen molar-refractivity contribution in [3.63, 3.8) is 0 Å². The molecule has 2 N–H and O–H groups in total. The molecule has 2 fully saturated rings. The van der Waals surface area contributed by atoms with Gasteiger partial charge < -0.3 is 15.3 Å². The molecule has 2 aliphatic rings. The summed E-state index contributed by atoms with van der Waals surface area (Å²) < 4.78 is 0. The zero-order valence-electron chi connectivity index (χ0n) is 9.23. The minimum atomic E-state index is -0.788. The zero-order chi connectivity index (χ0) is 11.8. The molecule has 0 saturated carbocycles. The van der Waals surface area contributed by atoms with Crippen molar-refractivity contribution in [2.45, 2.75) is 31.4 Å². The average Bonchev–Trinajstić information content (AvgIpc) is 2.62. The third kappa shape index (κ3) is 2.49. The van der Waals surface area contributed by atoms with Gasteiger partial charge in [0.05, 0.1) is 5.60 Å². The van der Waals surface area contributed by atoms with Crippen molar-refractivity contribution in [2.24, 2.45) is 0 Å². The predicted octanol–water partition coefficient (Wildman–Crippen LogP) is 0.185. The highest BCUT2D eigenvalue weighted by atomic mass is 32.2. The van der Waals surface area contributed by atoms with E-state index in [1.165, 1.54) is 0 Å². The van der Waals surface area contributed by atoms with E-state index in [4.69, 9.17) is 0 Å². The lowest BCUT2D eigenvalue weighted by molar-refractivity contribution is -0.138. The van der Waals surface area contributed by atoms with Crippen LogP contribution in [0.25, 0.3) is 0 Å². The number of β-amino-alcohol motifs (C(OH)–C–C–N with tert-alkyl or cyclic N) is 1. The molecule has 0 aromatic carbocycles. The van der Waals surface area contributed by atoms with Crippen molar-refractivity contribution in [3.8, 4) is 0 Å². The number of likely N-dealkylation sites (tertiary alicyclic amines) is 1. The number of amides is 2. The SMILES string of the molecule is CC1(O)CCCN(C(=O)C2CSC(=O)N2)C1. The number of rotatable bonds is 1. The van der Waals surface area contributed by atoms with Crippen LogP contribution in [0.3, 0.4) is 0 Å². The molecule has 5 nitrogen and oxygen atoms in total. The Morgan fingerprint density at radius 3 is 3.00 bits per heavy atom. The number of hydrogen-bond acceptors (Lipinski definition) is 4. The minimum Gasteiger partial charge on any atom is -0.388 e. The molecular formula is C10H16N2O3S. The van der Waals surface area contributed by atoms with Gasteiger partial charge in [-0.05, 0) is 19.8 Å². The maximum absolute atomic E-state index is 12.0. The van der Waals surface area contributed by atoms with Crippen LogP contribution < -0.4 is 5.32 Å². The fraction of sp³-hybridized carbons (Fsp3) is 0.800. The fourth-order valence-electron chi connectivity index (χ4n) is 2.15. The van der Waals surface area contributed by atoms with Gasteiger partial charge in [0.2, 0.25) is 5.91 Å². The van der Waals surface area contributed by atoms with Crippen LogP contribution in [0.5, 0.6) is 0 Å². The molecule has 0 bridgehead atoms. The molecular weight excluding hydrogens is 228 g/mol. The summed E-state index contributed by atoms with van der Waals surface area (Å²) in [5, 5.41) is 12.4. The lowest BCUT2D eigenvalue weighted by atomic mass is 9.95. The Kier molecular flexibility index (Phi) is 3.12. The Hall–Kier alpha value is -0.750. The van der Waals surface area contributed by atoms with E-state index in [1.54, 1.807) is 11.8 Å². The van der Waals surface area contributed by atoms with E-state index in [0.717, 1.165) is 24.6 Å². The number of piperidine rings is 1. The summed E-state index contributed by atoms with van der Waals surface area (Å²) in [7, 11) is 0. The summed E-state index contributed by atoms with van der Waals surface area (Å²) in [6.07, 6.45) is 1.54. The van der Waals surface area contributed by atoms with Crippen LogP contribution in [0.15, 0.2) is 0 Å². The highest BCUT2D eigenvalue weighted by molar-refractivity contribution is 8.14. The van der Waals surface area contributed by atoms with Gasteiger partial charge in [0.25, 0.3) is 5.24 Å². The van der Waals surface area contributed by atoms with E-state index in [1.807, 2.05) is 0 Å². The van der Waals surface area contributed by atoms with Crippen LogP contribution in [-0.4, -0.2) is 51.6 Å². The van der Waals surface area contributed by atoms with E-state index in [0.29, 0.717) is 18.8 Å². The normalized spacial score (nSPS) is 35.0. The molecule has 2 unspecified atom stereocenters. The predicted molar refractivity (Wildman–Crippen MR) is 61.2 cm³/mol. The molecule has 90 valence electrons. The number of nitrogens with one attached hydrogen (secondary N) is 1. The second-order valence-electron chi connectivity index (χ2n) is 4.66. The molecule has 2 saturated heterocycles. The molecule has 0 aromatic heterocycles. The minimum absolute atomic E-state index is 0.0710. The van der Waals surface area contributed by atoms with Crippen LogP contribution in [-0.2, 0) is 4.79 Å². The Morgan fingerprint density at radius 2 is 2.44 bits per heavy atom. The summed E-state index contributed by atoms with van der Waals surface area (Å²) in [5.74, 6) is 0.425. The maximum Gasteiger partial charge on any atom is 0.279 e. The average molecular weight is 244 g/mol. The Bertz CT molecular complexity index is 319. The number of nitrogens with zero attached hydrogens (tertiary/aromatic N) is 1. The van der Waals surface area contributed by atoms with Crippen molar-refractivity contribution in [1.82, 2.24) is 10.2 Å². The number of carbonyl (C=O) groups excluding carboxylic acids is 2. The van der Waals surface area contributed by atoms with Crippen LogP contribution in [0.1, 0.15) is 19.8 Å². The zero-order valence-corrected chi connectivity index (χ0v) is 10.0. The summed E-state index contributed by atoms with van der Waals surface area (Å²) in [5.41, 5.74) is -0.788. The van der Waals surface area contributed by atoms with Gasteiger partial charge in [0, 0.05) is 18.8 Å². The van der Waals surface area contributed by atoms with Gasteiger partial charge in [-0.2, -0.15) is 0 Å². The van der Waals surface area contributed by atoms with Crippen LogP contribution in [0, 0.1) is 0 Å². The van der Waals surface area contributed by atoms with Gasteiger partial charge >= 0.3 is 0 Å². The Morgan fingerprint density at radius 1 is 1.69 bits per heavy atom. The highest BCUT2D eigenvalue weighted by Gasteiger charge is 2.36. The second-order valence-corrected chi connectivity index (χ2v) is 5.65. The molecule has 0 aromatic rings. The van der Waals surface area contributed by atoms with Crippen molar-refractivity contribution >= 4 is 22.9 Å². The molecule has 2 heterocycles. The van der Waals surface area contributed by atoms with Gasteiger partial charge in [-0.15, -0.1) is 0 Å². The van der Waals surface area contributed by atoms with Crippen molar-refractivity contribution in [2.75, 3.05) is 18.8 Å². The Balaban J connectivity index is 1.96. The van der Waals surface area contributed by atoms with E-state index in [2.05, 4.69) is 5.32 Å². The number of aliphatic hydroxyl groups is 1. The van der Waals surface area contributed by atoms with Crippen molar-refractivity contribution in [1.29, 1.82) is 0 Å². The first-order valence-corrected chi connectivity index (χ1v) is 6.41. The molecule has 2 atom stereocenters. The first kappa shape index (κ1) is 11.7. The molecule has 6 heteroatoms. The van der Waals surface area contributed by atoms with Crippen LogP contribution in [0.4, 0.5) is 4.79 Å². The van der Waals surface area contributed by atoms with E-state index in [-0.39, 0.29) is 11.1 Å². The van der Waals surface area contributed by atoms with Gasteiger partial charge in [-0.3, -0.25) is 9.59 Å². The van der Waals surface area contributed by atoms with E-state index >= 15 is 0 Å². The first-order valence-electron chi connectivity index (χ1n) is 5.42. The van der Waals surface area contributed by atoms with Gasteiger partial charge in [-0.25, -0.2) is 0 Å². The molecule has 0 spiro atoms. The van der Waals surface area contributed by atoms with E-state index in [9.17, 15) is 14.7 Å². The quantitative estimate of drug-likeness (QED) is 0.690. The van der Waals surface area contributed by atoms with Gasteiger partial charge in [0.1, 0.15) is 6.04 Å². The second kappa shape index (κ2) is 4.25. The van der Waals surface area contributed by atoms with Crippen molar-refractivity contribution in [3.05, 3.63) is 0 Å². The monoisotopic (exact) mass is 244 g/mol. The number of thioether (sulfide) groups is 1. The van der Waals surface area contributed by atoms with Crippen LogP contribution >= 0.6 is 11.8 Å². The van der Waals surface area contributed by atoms with Gasteiger partial charge in [0.15, 0.2) is 0 Å². The van der Waals surface area contributed by atoms with Gasteiger partial charge in [-0.1, -0.05) is 11.8 Å². The number of hydrogen-bond donors (Lipinski definition) is 2. The third-order valence-electron chi connectivity index (χ3n) is 2.96. The summed E-state index contributed by atoms with van der Waals surface area (Å²) in [6.45, 7) is 2.78. The molecule has 0 aliphatic carbocycles. The smallest absolute Gasteiger partial charge is 0.279 e. The molecule has 16 heavy (non-hydrogen) atoms. The first-order chi connectivity index (χ1) is 7.48. The molecule has 0 radical (unpaired) electrons. The third-order valence-corrected chi connectivity index (χ3v) is 3.84. The lowest BCUT2D eigenvalue weighted by Gasteiger charge is -2.37. The molecule has 2 rings (SSSR count). The Labute approximate surface area is 98.6 Å². The van der Waals surface area contributed by atoms with Crippen LogP contribution in [0.2, 0.25) is 0 Å². The molecule has 2 aliphatic heterocycles. The largest absolute Gasteiger partial charge is 0.388 e. The van der Waals surface area contributed by atoms with E-state index < -0.39 is 11.6 Å². The topological polar surface area (TPSA) is 69.6 Å². The highest BCUT2D eigenvalue weighted by Crippen LogP contribution is 2.22. The summed E-state index contributed by atoms with van der Waals surface area (Å²) in [6, 6.07) is -0.411. The maximum atomic E-state index is 12.0. The fourth-order valence-corrected chi connectivity index (χ4v) is 2.92. The van der Waals surface area contributed by atoms with Crippen molar-refractivity contribution < 1.29 is 14.7 Å². The standard InChI is InChI=1S/C10H16N2O3S/c1-10(15)3-2-4-12(6-10)8(13)7-5-16-9(14)11-7/h7,15H,2-6H2,1H3,(H,11,14). The summed E-state index contributed by atoms with van der Waals surface area (Å²) >= 11 is 1.14. The molecule has 2 amide bonds. The number of carbonyl (C=O) groups is 2.